The third-order valence-electron chi connectivity index (χ3n) is 5.12. The van der Waals surface area contributed by atoms with E-state index in [0.29, 0.717) is 12.0 Å². The van der Waals surface area contributed by atoms with Crippen molar-refractivity contribution in [2.24, 2.45) is 0 Å². The number of imidazole rings is 1. The van der Waals surface area contributed by atoms with Crippen LogP contribution in [0.3, 0.4) is 0 Å². The van der Waals surface area contributed by atoms with Crippen LogP contribution in [-0.4, -0.2) is 50.6 Å². The Labute approximate surface area is 136 Å². The van der Waals surface area contributed by atoms with Crippen molar-refractivity contribution in [1.29, 1.82) is 0 Å². The second kappa shape index (κ2) is 6.20. The quantitative estimate of drug-likeness (QED) is 0.870. The molecule has 4 nitrogen and oxygen atoms in total. The molecule has 0 radical (unpaired) electrons. The second-order valence-corrected chi connectivity index (χ2v) is 7.63. The van der Waals surface area contributed by atoms with Crippen LogP contribution < -0.4 is 0 Å². The predicted molar refractivity (Wildman–Crippen MR) is 92.6 cm³/mol. The minimum atomic E-state index is 0.573. The Hall–Kier alpha value is -1.07. The van der Waals surface area contributed by atoms with Gasteiger partial charge < -0.3 is 9.47 Å². The van der Waals surface area contributed by atoms with Crippen LogP contribution in [0.2, 0.25) is 0 Å². The van der Waals surface area contributed by atoms with E-state index in [2.05, 4.69) is 39.2 Å². The summed E-state index contributed by atoms with van der Waals surface area (Å²) < 4.78 is 2.50. The van der Waals surface area contributed by atoms with Gasteiger partial charge in [-0.15, -0.1) is 0 Å². The van der Waals surface area contributed by atoms with Crippen LogP contribution in [0.25, 0.3) is 11.2 Å². The lowest BCUT2D eigenvalue weighted by atomic mass is 10.1. The van der Waals surface area contributed by atoms with Gasteiger partial charge in [0, 0.05) is 24.7 Å². The van der Waals surface area contributed by atoms with E-state index in [1.807, 2.05) is 12.3 Å². The average Bonchev–Trinajstić information content (AvgIpc) is 3.19. The summed E-state index contributed by atoms with van der Waals surface area (Å²) >= 11 is 2.08. The van der Waals surface area contributed by atoms with Crippen molar-refractivity contribution < 1.29 is 0 Å². The van der Waals surface area contributed by atoms with Gasteiger partial charge in [0.2, 0.25) is 0 Å². The standard InChI is InChI=1S/C17H24N4S/c1-2-20-9-5-13(12-20)16-19-15-4-3-8-18-17(15)21(16)14-6-10-22-11-7-14/h3-4,8,13-14H,2,5-7,9-12H2,1H3. The van der Waals surface area contributed by atoms with E-state index >= 15 is 0 Å². The summed E-state index contributed by atoms with van der Waals surface area (Å²) in [5.74, 6) is 4.40. The minimum absolute atomic E-state index is 0.573. The highest BCUT2D eigenvalue weighted by atomic mass is 32.2. The number of hydrogen-bond donors (Lipinski definition) is 0. The summed E-state index contributed by atoms with van der Waals surface area (Å²) in [7, 11) is 0. The van der Waals surface area contributed by atoms with E-state index in [1.54, 1.807) is 0 Å². The molecule has 0 bridgehead atoms. The van der Waals surface area contributed by atoms with Crippen molar-refractivity contribution in [3.05, 3.63) is 24.2 Å². The molecule has 4 rings (SSSR count). The second-order valence-electron chi connectivity index (χ2n) is 6.41. The molecule has 4 heterocycles. The number of nitrogens with zero attached hydrogens (tertiary/aromatic N) is 4. The number of likely N-dealkylation sites (N-methyl/N-ethyl adjacent to an activating group) is 1. The molecule has 0 amide bonds. The third-order valence-corrected chi connectivity index (χ3v) is 6.17. The summed E-state index contributed by atoms with van der Waals surface area (Å²) in [5.41, 5.74) is 2.18. The highest BCUT2D eigenvalue weighted by Crippen LogP contribution is 2.35. The van der Waals surface area contributed by atoms with Crippen LogP contribution in [0.5, 0.6) is 0 Å². The molecule has 0 aliphatic carbocycles. The molecule has 0 spiro atoms. The molecule has 1 atom stereocenters. The molecule has 118 valence electrons. The van der Waals surface area contributed by atoms with E-state index < -0.39 is 0 Å². The van der Waals surface area contributed by atoms with Crippen LogP contribution in [0, 0.1) is 0 Å². The SMILES string of the molecule is CCN1CCC(c2nc3cccnc3n2C2CCSCC2)C1. The lowest BCUT2D eigenvalue weighted by molar-refractivity contribution is 0.349. The summed E-state index contributed by atoms with van der Waals surface area (Å²) in [5, 5.41) is 0. The van der Waals surface area contributed by atoms with Gasteiger partial charge in [-0.25, -0.2) is 9.97 Å². The zero-order chi connectivity index (χ0) is 14.9. The first-order chi connectivity index (χ1) is 10.9. The fraction of sp³-hybridized carbons (Fsp3) is 0.647. The molecule has 2 aliphatic rings. The molecule has 0 aromatic carbocycles. The van der Waals surface area contributed by atoms with Gasteiger partial charge in [0.1, 0.15) is 11.3 Å². The number of pyridine rings is 1. The molecular weight excluding hydrogens is 292 g/mol. The maximum atomic E-state index is 5.01. The van der Waals surface area contributed by atoms with Gasteiger partial charge in [0.15, 0.2) is 5.65 Å². The first-order valence-electron chi connectivity index (χ1n) is 8.49. The highest BCUT2D eigenvalue weighted by molar-refractivity contribution is 7.99. The molecule has 1 unspecified atom stereocenters. The van der Waals surface area contributed by atoms with Crippen molar-refractivity contribution in [3.8, 4) is 0 Å². The molecule has 2 aromatic rings. The van der Waals surface area contributed by atoms with Crippen molar-refractivity contribution in [2.75, 3.05) is 31.1 Å². The number of aromatic nitrogens is 3. The Bertz CT molecular complexity index is 647. The maximum Gasteiger partial charge on any atom is 0.160 e. The largest absolute Gasteiger partial charge is 0.309 e. The van der Waals surface area contributed by atoms with Gasteiger partial charge in [-0.2, -0.15) is 11.8 Å². The minimum Gasteiger partial charge on any atom is -0.309 e. The molecule has 0 N–H and O–H groups in total. The summed E-state index contributed by atoms with van der Waals surface area (Å²) in [6.07, 6.45) is 5.65. The Morgan fingerprint density at radius 3 is 2.91 bits per heavy atom. The summed E-state index contributed by atoms with van der Waals surface area (Å²) in [6.45, 7) is 5.76. The van der Waals surface area contributed by atoms with Crippen molar-refractivity contribution in [1.82, 2.24) is 19.4 Å². The first kappa shape index (κ1) is 14.5. The number of hydrogen-bond acceptors (Lipinski definition) is 4. The van der Waals surface area contributed by atoms with E-state index in [0.717, 1.165) is 24.3 Å². The summed E-state index contributed by atoms with van der Waals surface area (Å²) in [4.78, 5) is 12.2. The zero-order valence-corrected chi connectivity index (χ0v) is 14.1. The first-order valence-corrected chi connectivity index (χ1v) is 9.65. The number of rotatable bonds is 3. The number of thioether (sulfide) groups is 1. The molecule has 0 saturated carbocycles. The van der Waals surface area contributed by atoms with E-state index in [4.69, 9.17) is 4.98 Å². The fourth-order valence-corrected chi connectivity index (χ4v) is 4.95. The molecule has 22 heavy (non-hydrogen) atoms. The molecule has 2 fully saturated rings. The third kappa shape index (κ3) is 2.54. The normalized spacial score (nSPS) is 24.3. The van der Waals surface area contributed by atoms with Crippen LogP contribution in [0.1, 0.15) is 44.0 Å². The highest BCUT2D eigenvalue weighted by Gasteiger charge is 2.30. The van der Waals surface area contributed by atoms with Crippen molar-refractivity contribution in [3.63, 3.8) is 0 Å². The van der Waals surface area contributed by atoms with Gasteiger partial charge in [0.05, 0.1) is 0 Å². The number of likely N-dealkylation sites (tertiary alicyclic amines) is 1. The zero-order valence-electron chi connectivity index (χ0n) is 13.2. The van der Waals surface area contributed by atoms with Crippen LogP contribution in [0.4, 0.5) is 0 Å². The van der Waals surface area contributed by atoms with Crippen LogP contribution in [0.15, 0.2) is 18.3 Å². The molecular formula is C17H24N4S. The monoisotopic (exact) mass is 316 g/mol. The van der Waals surface area contributed by atoms with Crippen LogP contribution >= 0.6 is 11.8 Å². The Balaban J connectivity index is 1.76. The van der Waals surface area contributed by atoms with Crippen molar-refractivity contribution in [2.45, 2.75) is 38.1 Å². The lowest BCUT2D eigenvalue weighted by Gasteiger charge is -2.26. The van der Waals surface area contributed by atoms with Gasteiger partial charge in [-0.05, 0) is 56.0 Å². The van der Waals surface area contributed by atoms with E-state index in [-0.39, 0.29) is 0 Å². The Kier molecular flexibility index (Phi) is 4.09. The Morgan fingerprint density at radius 1 is 1.27 bits per heavy atom. The molecule has 5 heteroatoms. The van der Waals surface area contributed by atoms with Crippen molar-refractivity contribution >= 4 is 22.9 Å². The van der Waals surface area contributed by atoms with Gasteiger partial charge in [-0.3, -0.25) is 0 Å². The van der Waals surface area contributed by atoms with E-state index in [9.17, 15) is 0 Å². The van der Waals surface area contributed by atoms with Crippen LogP contribution in [-0.2, 0) is 0 Å². The van der Waals surface area contributed by atoms with E-state index in [1.165, 1.54) is 43.1 Å². The predicted octanol–water partition coefficient (Wildman–Crippen LogP) is 3.31. The molecule has 2 aliphatic heterocycles. The molecule has 2 aromatic heterocycles. The Morgan fingerprint density at radius 2 is 2.14 bits per heavy atom. The smallest absolute Gasteiger partial charge is 0.160 e. The van der Waals surface area contributed by atoms with Gasteiger partial charge >= 0.3 is 0 Å². The average molecular weight is 316 g/mol. The number of fused-ring (bicyclic) bond motifs is 1. The molecule has 2 saturated heterocycles. The topological polar surface area (TPSA) is 34.0 Å². The fourth-order valence-electron chi connectivity index (χ4n) is 3.87. The lowest BCUT2D eigenvalue weighted by Crippen LogP contribution is -2.22. The maximum absolute atomic E-state index is 5.01. The summed E-state index contributed by atoms with van der Waals surface area (Å²) in [6, 6.07) is 4.71. The van der Waals surface area contributed by atoms with Gasteiger partial charge in [0.25, 0.3) is 0 Å². The van der Waals surface area contributed by atoms with Gasteiger partial charge in [-0.1, -0.05) is 6.92 Å².